The fourth-order valence-corrected chi connectivity index (χ4v) is 4.49. The predicted octanol–water partition coefficient (Wildman–Crippen LogP) is 4.60. The van der Waals surface area contributed by atoms with Gasteiger partial charge in [0.15, 0.2) is 12.0 Å². The van der Waals surface area contributed by atoms with Gasteiger partial charge < -0.3 is 20.1 Å². The molecule has 0 radical (unpaired) electrons. The van der Waals surface area contributed by atoms with E-state index >= 15 is 0 Å². The number of anilines is 1. The van der Waals surface area contributed by atoms with Crippen molar-refractivity contribution < 1.29 is 14.3 Å². The quantitative estimate of drug-likeness (QED) is 0.434. The highest BCUT2D eigenvalue weighted by Crippen LogP contribution is 2.32. The number of carbonyl (C=O) groups excluding carboxylic acids is 1. The Labute approximate surface area is 210 Å². The fourth-order valence-electron chi connectivity index (χ4n) is 4.49. The number of amides is 1. The third kappa shape index (κ3) is 4.86. The third-order valence-electron chi connectivity index (χ3n) is 6.30. The van der Waals surface area contributed by atoms with E-state index in [0.29, 0.717) is 24.4 Å². The summed E-state index contributed by atoms with van der Waals surface area (Å²) in [6.07, 6.45) is 6.53. The highest BCUT2D eigenvalue weighted by molar-refractivity contribution is 6.08. The Morgan fingerprint density at radius 3 is 2.83 bits per heavy atom. The van der Waals surface area contributed by atoms with Crippen molar-refractivity contribution in [2.75, 3.05) is 25.9 Å². The molecule has 10 heteroatoms. The topological polar surface area (TPSA) is 113 Å². The number of fused-ring (bicyclic) bond motifs is 3. The number of ether oxygens (including phenoxy) is 2. The van der Waals surface area contributed by atoms with Crippen LogP contribution in [0.5, 0.6) is 0 Å². The van der Waals surface area contributed by atoms with Gasteiger partial charge in [0.05, 0.1) is 17.8 Å². The molecule has 0 bridgehead atoms. The molecule has 190 valence electrons. The zero-order chi connectivity index (χ0) is 25.4. The molecule has 10 nitrogen and oxygen atoms in total. The molecule has 1 aliphatic rings. The van der Waals surface area contributed by atoms with Crippen molar-refractivity contribution in [3.8, 4) is 11.3 Å². The van der Waals surface area contributed by atoms with Crippen LogP contribution in [0.15, 0.2) is 36.7 Å². The van der Waals surface area contributed by atoms with Crippen molar-refractivity contribution in [3.63, 3.8) is 0 Å². The van der Waals surface area contributed by atoms with Gasteiger partial charge in [-0.05, 0) is 52.2 Å². The SMILES string of the molecule is CN(CCn1cc2c(n1)c(N)nc1cc(-c3ccnn3C3CCCCO3)ccc12)C(=O)OC(C)(C)C. The van der Waals surface area contributed by atoms with Crippen LogP contribution in [0.2, 0.25) is 0 Å². The maximum absolute atomic E-state index is 12.3. The molecule has 4 heterocycles. The van der Waals surface area contributed by atoms with E-state index in [9.17, 15) is 4.79 Å². The van der Waals surface area contributed by atoms with E-state index in [1.807, 2.05) is 43.8 Å². The first kappa shape index (κ1) is 24.1. The number of likely N-dealkylation sites (N-methyl/N-ethyl adjacent to an activating group) is 1. The normalized spacial score (nSPS) is 16.5. The third-order valence-corrected chi connectivity index (χ3v) is 6.30. The summed E-state index contributed by atoms with van der Waals surface area (Å²) in [5, 5.41) is 11.1. The van der Waals surface area contributed by atoms with Crippen LogP contribution < -0.4 is 5.73 Å². The van der Waals surface area contributed by atoms with Gasteiger partial charge in [0.2, 0.25) is 0 Å². The summed E-state index contributed by atoms with van der Waals surface area (Å²) in [5.74, 6) is 0.373. The maximum Gasteiger partial charge on any atom is 0.410 e. The first-order valence-electron chi connectivity index (χ1n) is 12.4. The molecule has 1 atom stereocenters. The molecule has 1 saturated heterocycles. The largest absolute Gasteiger partial charge is 0.444 e. The Morgan fingerprint density at radius 2 is 2.08 bits per heavy atom. The monoisotopic (exact) mass is 491 g/mol. The molecule has 36 heavy (non-hydrogen) atoms. The average Bonchev–Trinajstić information content (AvgIpc) is 3.50. The van der Waals surface area contributed by atoms with Crippen LogP contribution in [0, 0.1) is 0 Å². The van der Waals surface area contributed by atoms with E-state index in [-0.39, 0.29) is 12.3 Å². The van der Waals surface area contributed by atoms with Crippen molar-refractivity contribution in [1.29, 1.82) is 0 Å². The first-order valence-corrected chi connectivity index (χ1v) is 12.4. The van der Waals surface area contributed by atoms with Crippen LogP contribution >= 0.6 is 0 Å². The lowest BCUT2D eigenvalue weighted by Gasteiger charge is -2.24. The van der Waals surface area contributed by atoms with Crippen LogP contribution in [-0.4, -0.2) is 61.3 Å². The number of hydrogen-bond donors (Lipinski definition) is 1. The number of nitrogens with zero attached hydrogens (tertiary/aromatic N) is 6. The van der Waals surface area contributed by atoms with E-state index in [2.05, 4.69) is 27.3 Å². The van der Waals surface area contributed by atoms with Gasteiger partial charge >= 0.3 is 6.09 Å². The predicted molar refractivity (Wildman–Crippen MR) is 138 cm³/mol. The van der Waals surface area contributed by atoms with Gasteiger partial charge in [-0.3, -0.25) is 4.68 Å². The molecule has 0 saturated carbocycles. The number of carbonyl (C=O) groups is 1. The van der Waals surface area contributed by atoms with Gasteiger partial charge in [-0.1, -0.05) is 12.1 Å². The van der Waals surface area contributed by atoms with E-state index in [4.69, 9.17) is 15.2 Å². The minimum atomic E-state index is -0.537. The smallest absolute Gasteiger partial charge is 0.410 e. The van der Waals surface area contributed by atoms with Gasteiger partial charge in [-0.25, -0.2) is 14.5 Å². The zero-order valence-corrected chi connectivity index (χ0v) is 21.3. The van der Waals surface area contributed by atoms with Crippen LogP contribution in [-0.2, 0) is 16.0 Å². The molecule has 1 amide bonds. The van der Waals surface area contributed by atoms with E-state index < -0.39 is 5.60 Å². The summed E-state index contributed by atoms with van der Waals surface area (Å²) in [4.78, 5) is 18.5. The second-order valence-corrected chi connectivity index (χ2v) is 10.3. The lowest BCUT2D eigenvalue weighted by molar-refractivity contribution is -0.0383. The minimum absolute atomic E-state index is 0.0444. The van der Waals surface area contributed by atoms with Crippen molar-refractivity contribution in [2.24, 2.45) is 0 Å². The van der Waals surface area contributed by atoms with Crippen LogP contribution in [0.1, 0.15) is 46.3 Å². The molecule has 1 aliphatic heterocycles. The molecule has 5 rings (SSSR count). The van der Waals surface area contributed by atoms with E-state index in [1.165, 1.54) is 0 Å². The van der Waals surface area contributed by atoms with Gasteiger partial charge in [0.1, 0.15) is 11.1 Å². The van der Waals surface area contributed by atoms with Crippen LogP contribution in [0.25, 0.3) is 33.1 Å². The Bertz CT molecular complexity index is 1400. The number of nitrogen functional groups attached to an aromatic ring is 1. The number of nitrogens with two attached hydrogens (primary N) is 1. The Hall–Kier alpha value is -3.66. The number of benzene rings is 1. The van der Waals surface area contributed by atoms with Gasteiger partial charge in [-0.15, -0.1) is 0 Å². The van der Waals surface area contributed by atoms with Crippen LogP contribution in [0.3, 0.4) is 0 Å². The van der Waals surface area contributed by atoms with Crippen molar-refractivity contribution in [3.05, 3.63) is 36.7 Å². The molecule has 0 aliphatic carbocycles. The lowest BCUT2D eigenvalue weighted by atomic mass is 10.1. The summed E-state index contributed by atoms with van der Waals surface area (Å²) >= 11 is 0. The molecule has 0 spiro atoms. The van der Waals surface area contributed by atoms with Gasteiger partial charge in [-0.2, -0.15) is 10.2 Å². The fraction of sp³-hybridized carbons (Fsp3) is 0.462. The summed E-state index contributed by atoms with van der Waals surface area (Å²) in [6, 6.07) is 8.16. The summed E-state index contributed by atoms with van der Waals surface area (Å²) in [7, 11) is 1.72. The molecule has 2 N–H and O–H groups in total. The number of rotatable bonds is 5. The standard InChI is InChI=1S/C26H33N7O3/c1-26(2,3)36-25(34)31(4)12-13-32-16-19-18-9-8-17(15-20(18)29-24(27)23(19)30-32)21-10-11-28-33(21)22-7-5-6-14-35-22/h8-11,15-16,22H,5-7,12-14H2,1-4H3,(H2,27,29). The highest BCUT2D eigenvalue weighted by Gasteiger charge is 2.21. The Balaban J connectivity index is 1.41. The Kier molecular flexibility index (Phi) is 6.29. The average molecular weight is 492 g/mol. The molecule has 1 aromatic carbocycles. The van der Waals surface area contributed by atoms with Crippen LogP contribution in [0.4, 0.5) is 10.6 Å². The maximum atomic E-state index is 12.3. The van der Waals surface area contributed by atoms with E-state index in [1.54, 1.807) is 22.8 Å². The number of aromatic nitrogens is 5. The highest BCUT2D eigenvalue weighted by atomic mass is 16.6. The Morgan fingerprint density at radius 1 is 1.25 bits per heavy atom. The summed E-state index contributed by atoms with van der Waals surface area (Å²) in [6.45, 7) is 7.26. The van der Waals surface area contributed by atoms with Crippen molar-refractivity contribution in [2.45, 2.75) is 58.4 Å². The summed E-state index contributed by atoms with van der Waals surface area (Å²) in [5.41, 5.74) is 9.22. The molecule has 1 unspecified atom stereocenters. The first-order chi connectivity index (χ1) is 17.2. The van der Waals surface area contributed by atoms with Crippen molar-refractivity contribution >= 4 is 33.7 Å². The second kappa shape index (κ2) is 9.42. The molecule has 3 aromatic heterocycles. The molecular weight excluding hydrogens is 458 g/mol. The summed E-state index contributed by atoms with van der Waals surface area (Å²) < 4.78 is 15.1. The zero-order valence-electron chi connectivity index (χ0n) is 21.3. The lowest BCUT2D eigenvalue weighted by Crippen LogP contribution is -2.36. The van der Waals surface area contributed by atoms with Crippen molar-refractivity contribution in [1.82, 2.24) is 29.4 Å². The number of hydrogen-bond acceptors (Lipinski definition) is 7. The number of pyridine rings is 1. The molecule has 1 fully saturated rings. The minimum Gasteiger partial charge on any atom is -0.444 e. The van der Waals surface area contributed by atoms with Gasteiger partial charge in [0.25, 0.3) is 0 Å². The molecular formula is C26H33N7O3. The van der Waals surface area contributed by atoms with Gasteiger partial charge in [0, 0.05) is 48.9 Å². The van der Waals surface area contributed by atoms with E-state index in [0.717, 1.165) is 53.4 Å². The molecule has 4 aromatic rings. The second-order valence-electron chi connectivity index (χ2n) is 10.3.